The summed E-state index contributed by atoms with van der Waals surface area (Å²) in [6.07, 6.45) is -3.61. The second kappa shape index (κ2) is 9.92. The predicted octanol–water partition coefficient (Wildman–Crippen LogP) is 4.24. The number of alkyl halides is 3. The summed E-state index contributed by atoms with van der Waals surface area (Å²) in [5.74, 6) is -0.501. The van der Waals surface area contributed by atoms with Gasteiger partial charge in [-0.1, -0.05) is 11.6 Å². The van der Waals surface area contributed by atoms with E-state index in [0.717, 1.165) is 23.8 Å². The quantitative estimate of drug-likeness (QED) is 0.512. The zero-order valence-corrected chi connectivity index (χ0v) is 16.0. The molecule has 6 nitrogen and oxygen atoms in total. The van der Waals surface area contributed by atoms with Crippen LogP contribution in [-0.2, 0) is 15.8 Å². The molecule has 2 aromatic rings. The molecule has 154 valence electrons. The van der Waals surface area contributed by atoms with E-state index in [2.05, 4.69) is 15.8 Å². The highest BCUT2D eigenvalue weighted by molar-refractivity contribution is 6.33. The van der Waals surface area contributed by atoms with Gasteiger partial charge in [-0.2, -0.15) is 18.3 Å². The van der Waals surface area contributed by atoms with Crippen molar-refractivity contribution < 1.29 is 27.5 Å². The van der Waals surface area contributed by atoms with Crippen molar-refractivity contribution in [3.8, 4) is 5.75 Å². The molecule has 2 rings (SSSR count). The number of halogens is 4. The summed E-state index contributed by atoms with van der Waals surface area (Å²) >= 11 is 5.81. The molecule has 0 saturated carbocycles. The number of methoxy groups -OCH3 is 1. The number of hydrogen-bond acceptors (Lipinski definition) is 4. The predicted molar refractivity (Wildman–Crippen MR) is 103 cm³/mol. The largest absolute Gasteiger partial charge is 0.497 e. The van der Waals surface area contributed by atoms with E-state index < -0.39 is 23.6 Å². The fraction of sp³-hybridized carbons (Fsp3) is 0.211. The summed E-state index contributed by atoms with van der Waals surface area (Å²) in [6, 6.07) is 9.52. The highest BCUT2D eigenvalue weighted by Gasteiger charge is 2.31. The Hall–Kier alpha value is -3.07. The van der Waals surface area contributed by atoms with Crippen LogP contribution in [0.2, 0.25) is 5.02 Å². The molecular weight excluding hydrogens is 411 g/mol. The summed E-state index contributed by atoms with van der Waals surface area (Å²) in [4.78, 5) is 23.6. The van der Waals surface area contributed by atoms with Gasteiger partial charge in [0, 0.05) is 12.8 Å². The number of ether oxygens (including phenoxy) is 1. The zero-order chi connectivity index (χ0) is 21.4. The molecule has 0 bridgehead atoms. The van der Waals surface area contributed by atoms with Crippen molar-refractivity contribution in [3.63, 3.8) is 0 Å². The minimum absolute atomic E-state index is 0.0418. The molecule has 0 spiro atoms. The average molecular weight is 428 g/mol. The molecule has 0 atom stereocenters. The molecule has 0 heterocycles. The number of benzene rings is 2. The molecule has 10 heteroatoms. The van der Waals surface area contributed by atoms with Crippen LogP contribution in [0.1, 0.15) is 24.0 Å². The molecule has 0 aliphatic heterocycles. The average Bonchev–Trinajstić information content (AvgIpc) is 2.68. The Bertz CT molecular complexity index is 900. The smallest absolute Gasteiger partial charge is 0.416 e. The van der Waals surface area contributed by atoms with Gasteiger partial charge in [0.25, 0.3) is 0 Å². The SMILES string of the molecule is COc1ccc(/C=N\NC(=O)CCC(=O)Nc2cc(C(F)(F)F)ccc2Cl)cc1. The molecule has 2 N–H and O–H groups in total. The van der Waals surface area contributed by atoms with E-state index >= 15 is 0 Å². The Morgan fingerprint density at radius 1 is 1.10 bits per heavy atom. The van der Waals surface area contributed by atoms with Gasteiger partial charge in [-0.3, -0.25) is 9.59 Å². The summed E-state index contributed by atoms with van der Waals surface area (Å²) in [5.41, 5.74) is 1.87. The lowest BCUT2D eigenvalue weighted by molar-refractivity contribution is -0.137. The minimum Gasteiger partial charge on any atom is -0.497 e. The fourth-order valence-corrected chi connectivity index (χ4v) is 2.33. The van der Waals surface area contributed by atoms with Crippen molar-refractivity contribution in [2.75, 3.05) is 12.4 Å². The van der Waals surface area contributed by atoms with Gasteiger partial charge in [-0.25, -0.2) is 5.43 Å². The van der Waals surface area contributed by atoms with Gasteiger partial charge in [0.2, 0.25) is 11.8 Å². The lowest BCUT2D eigenvalue weighted by atomic mass is 10.2. The van der Waals surface area contributed by atoms with Crippen LogP contribution in [0.3, 0.4) is 0 Å². The van der Waals surface area contributed by atoms with Crippen molar-refractivity contribution in [2.24, 2.45) is 5.10 Å². The highest BCUT2D eigenvalue weighted by atomic mass is 35.5. The topological polar surface area (TPSA) is 79.8 Å². The van der Waals surface area contributed by atoms with Crippen molar-refractivity contribution in [3.05, 3.63) is 58.6 Å². The Kier molecular flexibility index (Phi) is 7.60. The first-order valence-corrected chi connectivity index (χ1v) is 8.69. The van der Waals surface area contributed by atoms with Gasteiger partial charge in [0.05, 0.1) is 29.6 Å². The van der Waals surface area contributed by atoms with E-state index in [0.29, 0.717) is 5.75 Å². The minimum atomic E-state index is -4.56. The van der Waals surface area contributed by atoms with E-state index in [1.165, 1.54) is 6.21 Å². The maximum Gasteiger partial charge on any atom is 0.416 e. The molecule has 0 fully saturated rings. The first kappa shape index (κ1) is 22.2. The molecule has 0 unspecified atom stereocenters. The Morgan fingerprint density at radius 2 is 1.76 bits per heavy atom. The molecule has 2 aromatic carbocycles. The Morgan fingerprint density at radius 3 is 2.38 bits per heavy atom. The first-order chi connectivity index (χ1) is 13.7. The summed E-state index contributed by atoms with van der Waals surface area (Å²) in [5, 5.41) is 6.00. The number of carbonyl (C=O) groups is 2. The third kappa shape index (κ3) is 7.11. The first-order valence-electron chi connectivity index (χ1n) is 8.31. The Balaban J connectivity index is 1.82. The maximum atomic E-state index is 12.7. The standard InChI is InChI=1S/C19H17ClF3N3O3/c1-29-14-5-2-12(3-6-14)11-24-26-18(28)9-8-17(27)25-16-10-13(19(21,22)23)4-7-15(16)20/h2-7,10-11H,8-9H2,1H3,(H,25,27)(H,26,28)/b24-11-. The monoisotopic (exact) mass is 427 g/mol. The number of nitrogens with one attached hydrogen (secondary N) is 2. The van der Waals surface area contributed by atoms with Crippen LogP contribution in [0.4, 0.5) is 18.9 Å². The molecule has 0 aromatic heterocycles. The van der Waals surface area contributed by atoms with Gasteiger partial charge < -0.3 is 10.1 Å². The lowest BCUT2D eigenvalue weighted by Gasteiger charge is -2.11. The third-order valence-corrected chi connectivity index (χ3v) is 4.00. The number of hydrazone groups is 1. The summed E-state index contributed by atoms with van der Waals surface area (Å²) in [7, 11) is 1.54. The molecule has 2 amide bonds. The number of carbonyl (C=O) groups excluding carboxylic acids is 2. The van der Waals surface area contributed by atoms with Gasteiger partial charge in [-0.15, -0.1) is 0 Å². The van der Waals surface area contributed by atoms with Crippen molar-refractivity contribution in [2.45, 2.75) is 19.0 Å². The van der Waals surface area contributed by atoms with Crippen LogP contribution in [0.5, 0.6) is 5.75 Å². The summed E-state index contributed by atoms with van der Waals surface area (Å²) < 4.78 is 43.2. The second-order valence-corrected chi connectivity index (χ2v) is 6.21. The molecule has 29 heavy (non-hydrogen) atoms. The number of amides is 2. The van der Waals surface area contributed by atoms with Crippen LogP contribution in [-0.4, -0.2) is 25.1 Å². The lowest BCUT2D eigenvalue weighted by Crippen LogP contribution is -2.21. The van der Waals surface area contributed by atoms with Gasteiger partial charge >= 0.3 is 6.18 Å². The number of rotatable bonds is 7. The molecule has 0 aliphatic rings. The van der Waals surface area contributed by atoms with Gasteiger partial charge in [-0.05, 0) is 48.0 Å². The molecule has 0 aliphatic carbocycles. The number of hydrogen-bond donors (Lipinski definition) is 2. The molecule has 0 radical (unpaired) electrons. The van der Waals surface area contributed by atoms with E-state index in [4.69, 9.17) is 16.3 Å². The van der Waals surface area contributed by atoms with Gasteiger partial charge in [0.15, 0.2) is 0 Å². The fourth-order valence-electron chi connectivity index (χ4n) is 2.16. The molecular formula is C19H17ClF3N3O3. The Labute approximate surface area is 169 Å². The second-order valence-electron chi connectivity index (χ2n) is 5.81. The number of nitrogens with zero attached hydrogens (tertiary/aromatic N) is 1. The summed E-state index contributed by atoms with van der Waals surface area (Å²) in [6.45, 7) is 0. The van der Waals surface area contributed by atoms with Crippen LogP contribution in [0.15, 0.2) is 47.6 Å². The van der Waals surface area contributed by atoms with Crippen LogP contribution in [0.25, 0.3) is 0 Å². The normalized spacial score (nSPS) is 11.3. The zero-order valence-electron chi connectivity index (χ0n) is 15.2. The van der Waals surface area contributed by atoms with Crippen LogP contribution in [0, 0.1) is 0 Å². The van der Waals surface area contributed by atoms with Crippen molar-refractivity contribution in [1.29, 1.82) is 0 Å². The van der Waals surface area contributed by atoms with Crippen molar-refractivity contribution >= 4 is 35.3 Å². The van der Waals surface area contributed by atoms with Crippen LogP contribution >= 0.6 is 11.6 Å². The van der Waals surface area contributed by atoms with Gasteiger partial charge in [0.1, 0.15) is 5.75 Å². The van der Waals surface area contributed by atoms with Crippen molar-refractivity contribution in [1.82, 2.24) is 5.43 Å². The number of anilines is 1. The van der Waals surface area contributed by atoms with Crippen LogP contribution < -0.4 is 15.5 Å². The highest BCUT2D eigenvalue weighted by Crippen LogP contribution is 2.33. The molecule has 0 saturated heterocycles. The maximum absolute atomic E-state index is 12.7. The third-order valence-electron chi connectivity index (χ3n) is 3.67. The van der Waals surface area contributed by atoms with E-state index in [-0.39, 0.29) is 23.6 Å². The van der Waals surface area contributed by atoms with E-state index in [1.807, 2.05) is 0 Å². The van der Waals surface area contributed by atoms with E-state index in [1.54, 1.807) is 31.4 Å². The van der Waals surface area contributed by atoms with E-state index in [9.17, 15) is 22.8 Å².